The Kier molecular flexibility index (Phi) is 5.51. The van der Waals surface area contributed by atoms with Crippen molar-refractivity contribution in [1.82, 2.24) is 4.90 Å². The van der Waals surface area contributed by atoms with E-state index in [1.807, 2.05) is 0 Å². The summed E-state index contributed by atoms with van der Waals surface area (Å²) in [5, 5.41) is 11.3. The highest BCUT2D eigenvalue weighted by Gasteiger charge is 2.39. The summed E-state index contributed by atoms with van der Waals surface area (Å²) in [4.78, 5) is 2.48. The molecule has 2 unspecified atom stereocenters. The molecule has 1 heterocycles. The fourth-order valence-corrected chi connectivity index (χ4v) is 3.99. The van der Waals surface area contributed by atoms with Gasteiger partial charge in [-0.1, -0.05) is 43.2 Å². The molecule has 1 saturated heterocycles. The molecule has 3 nitrogen and oxygen atoms in total. The zero-order valence-electron chi connectivity index (χ0n) is 13.5. The van der Waals surface area contributed by atoms with Gasteiger partial charge in [-0.15, -0.1) is 0 Å². The van der Waals surface area contributed by atoms with E-state index in [0.717, 1.165) is 52.1 Å². The molecule has 122 valence electrons. The van der Waals surface area contributed by atoms with Crippen molar-refractivity contribution in [3.63, 3.8) is 0 Å². The van der Waals surface area contributed by atoms with Crippen molar-refractivity contribution in [2.45, 2.75) is 44.1 Å². The number of hydrogen-bond donors (Lipinski definition) is 1. The van der Waals surface area contributed by atoms with Gasteiger partial charge in [0.2, 0.25) is 0 Å². The van der Waals surface area contributed by atoms with Gasteiger partial charge in [0.25, 0.3) is 0 Å². The molecule has 1 aromatic rings. The van der Waals surface area contributed by atoms with Gasteiger partial charge in [-0.25, -0.2) is 0 Å². The van der Waals surface area contributed by atoms with Crippen LogP contribution in [0.5, 0.6) is 0 Å². The summed E-state index contributed by atoms with van der Waals surface area (Å²) < 4.78 is 5.44. The summed E-state index contributed by atoms with van der Waals surface area (Å²) in [5.41, 5.74) is 0.860. The summed E-state index contributed by atoms with van der Waals surface area (Å²) in [5.74, 6) is 0.420. The summed E-state index contributed by atoms with van der Waals surface area (Å²) in [6, 6.07) is 10.6. The Morgan fingerprint density at radius 2 is 1.91 bits per heavy atom. The predicted molar refractivity (Wildman–Crippen MR) is 88.9 cm³/mol. The van der Waals surface area contributed by atoms with E-state index in [1.165, 1.54) is 24.8 Å². The Bertz CT molecular complexity index is 444. The van der Waals surface area contributed by atoms with Gasteiger partial charge < -0.3 is 9.84 Å². The van der Waals surface area contributed by atoms with Crippen molar-refractivity contribution < 1.29 is 9.84 Å². The Labute approximate surface area is 134 Å². The highest BCUT2D eigenvalue weighted by atomic mass is 16.5. The fraction of sp³-hybridized carbons (Fsp3) is 0.684. The number of hydrogen-bond acceptors (Lipinski definition) is 3. The summed E-state index contributed by atoms with van der Waals surface area (Å²) in [6.45, 7) is 4.76. The summed E-state index contributed by atoms with van der Waals surface area (Å²) >= 11 is 0. The lowest BCUT2D eigenvalue weighted by molar-refractivity contribution is -0.0740. The van der Waals surface area contributed by atoms with E-state index in [1.54, 1.807) is 0 Å². The molecule has 0 amide bonds. The number of benzene rings is 1. The molecule has 1 N–H and O–H groups in total. The Morgan fingerprint density at radius 3 is 2.68 bits per heavy atom. The maximum Gasteiger partial charge on any atom is 0.0691 e. The Balaban J connectivity index is 1.59. The van der Waals surface area contributed by atoms with Gasteiger partial charge in [0.15, 0.2) is 0 Å². The second-order valence-corrected chi connectivity index (χ2v) is 6.94. The average molecular weight is 303 g/mol. The van der Waals surface area contributed by atoms with Gasteiger partial charge in [-0.3, -0.25) is 4.90 Å². The van der Waals surface area contributed by atoms with Crippen molar-refractivity contribution in [3.8, 4) is 0 Å². The quantitative estimate of drug-likeness (QED) is 0.908. The van der Waals surface area contributed by atoms with Gasteiger partial charge in [-0.05, 0) is 31.2 Å². The van der Waals surface area contributed by atoms with Crippen molar-refractivity contribution in [2.75, 3.05) is 32.8 Å². The van der Waals surface area contributed by atoms with Gasteiger partial charge >= 0.3 is 0 Å². The SMILES string of the molecule is OC1(CCc2ccccc2)CCCCC1CN1CCOCC1. The number of nitrogens with zero attached hydrogens (tertiary/aromatic N) is 1. The van der Waals surface area contributed by atoms with Gasteiger partial charge in [0.05, 0.1) is 18.8 Å². The van der Waals surface area contributed by atoms with Crippen LogP contribution in [0, 0.1) is 5.92 Å². The normalized spacial score (nSPS) is 30.3. The van der Waals surface area contributed by atoms with E-state index in [9.17, 15) is 5.11 Å². The predicted octanol–water partition coefficient (Wildman–Crippen LogP) is 2.87. The van der Waals surface area contributed by atoms with E-state index in [0.29, 0.717) is 5.92 Å². The summed E-state index contributed by atoms with van der Waals surface area (Å²) in [7, 11) is 0. The van der Waals surface area contributed by atoms with Crippen LogP contribution in [0.25, 0.3) is 0 Å². The third-order valence-corrected chi connectivity index (χ3v) is 5.44. The first kappa shape index (κ1) is 16.0. The zero-order valence-corrected chi connectivity index (χ0v) is 13.5. The Morgan fingerprint density at radius 1 is 1.14 bits per heavy atom. The van der Waals surface area contributed by atoms with E-state index >= 15 is 0 Å². The maximum atomic E-state index is 11.3. The molecule has 3 rings (SSSR count). The lowest BCUT2D eigenvalue weighted by Crippen LogP contribution is -2.49. The van der Waals surface area contributed by atoms with E-state index in [2.05, 4.69) is 35.2 Å². The third-order valence-electron chi connectivity index (χ3n) is 5.44. The number of aliphatic hydroxyl groups is 1. The van der Waals surface area contributed by atoms with Gasteiger partial charge in [0, 0.05) is 25.6 Å². The molecular formula is C19H29NO2. The number of aryl methyl sites for hydroxylation is 1. The van der Waals surface area contributed by atoms with Crippen LogP contribution in [-0.4, -0.2) is 48.5 Å². The molecule has 22 heavy (non-hydrogen) atoms. The van der Waals surface area contributed by atoms with Crippen molar-refractivity contribution in [2.24, 2.45) is 5.92 Å². The van der Waals surface area contributed by atoms with Crippen molar-refractivity contribution in [3.05, 3.63) is 35.9 Å². The van der Waals surface area contributed by atoms with E-state index in [-0.39, 0.29) is 0 Å². The van der Waals surface area contributed by atoms with Crippen LogP contribution in [-0.2, 0) is 11.2 Å². The largest absolute Gasteiger partial charge is 0.390 e. The van der Waals surface area contributed by atoms with Crippen LogP contribution in [0.3, 0.4) is 0 Å². The fourth-order valence-electron chi connectivity index (χ4n) is 3.99. The zero-order chi connectivity index (χ0) is 15.3. The van der Waals surface area contributed by atoms with Crippen LogP contribution >= 0.6 is 0 Å². The second kappa shape index (κ2) is 7.58. The molecule has 3 heteroatoms. The summed E-state index contributed by atoms with van der Waals surface area (Å²) in [6.07, 6.45) is 6.45. The van der Waals surface area contributed by atoms with Crippen LogP contribution in [0.1, 0.15) is 37.7 Å². The molecule has 2 atom stereocenters. The molecule has 1 aliphatic carbocycles. The van der Waals surface area contributed by atoms with Crippen molar-refractivity contribution in [1.29, 1.82) is 0 Å². The first-order valence-corrected chi connectivity index (χ1v) is 8.83. The van der Waals surface area contributed by atoms with E-state index < -0.39 is 5.60 Å². The van der Waals surface area contributed by atoms with Crippen LogP contribution in [0.2, 0.25) is 0 Å². The first-order chi connectivity index (χ1) is 10.8. The monoisotopic (exact) mass is 303 g/mol. The smallest absolute Gasteiger partial charge is 0.0691 e. The highest BCUT2D eigenvalue weighted by Crippen LogP contribution is 2.37. The average Bonchev–Trinajstić information content (AvgIpc) is 2.57. The Hall–Kier alpha value is -0.900. The molecule has 1 aromatic carbocycles. The minimum Gasteiger partial charge on any atom is -0.390 e. The van der Waals surface area contributed by atoms with Gasteiger partial charge in [0.1, 0.15) is 0 Å². The molecule has 0 aromatic heterocycles. The topological polar surface area (TPSA) is 32.7 Å². The number of morpholine rings is 1. The van der Waals surface area contributed by atoms with Gasteiger partial charge in [-0.2, -0.15) is 0 Å². The lowest BCUT2D eigenvalue weighted by atomic mass is 9.72. The minimum atomic E-state index is -0.480. The molecule has 0 radical (unpaired) electrons. The number of rotatable bonds is 5. The molecule has 1 saturated carbocycles. The molecule has 2 fully saturated rings. The molecular weight excluding hydrogens is 274 g/mol. The minimum absolute atomic E-state index is 0.420. The second-order valence-electron chi connectivity index (χ2n) is 6.94. The van der Waals surface area contributed by atoms with E-state index in [4.69, 9.17) is 4.74 Å². The third kappa shape index (κ3) is 4.09. The molecule has 0 bridgehead atoms. The van der Waals surface area contributed by atoms with Crippen LogP contribution in [0.4, 0.5) is 0 Å². The maximum absolute atomic E-state index is 11.3. The van der Waals surface area contributed by atoms with Crippen molar-refractivity contribution >= 4 is 0 Å². The number of ether oxygens (including phenoxy) is 1. The van der Waals surface area contributed by atoms with Crippen LogP contribution in [0.15, 0.2) is 30.3 Å². The first-order valence-electron chi connectivity index (χ1n) is 8.83. The molecule has 1 aliphatic heterocycles. The van der Waals surface area contributed by atoms with Crippen LogP contribution < -0.4 is 0 Å². The molecule has 2 aliphatic rings. The lowest BCUT2D eigenvalue weighted by Gasteiger charge is -2.43. The standard InChI is InChI=1S/C19H29NO2/c21-19(11-9-17-6-2-1-3-7-17)10-5-4-8-18(19)16-20-12-14-22-15-13-20/h1-3,6-7,18,21H,4-5,8-16H2. The highest BCUT2D eigenvalue weighted by molar-refractivity contribution is 5.15. The molecule has 0 spiro atoms.